The molecule has 0 aliphatic carbocycles. The molecule has 1 aromatic carbocycles. The van der Waals surface area contributed by atoms with E-state index in [1.54, 1.807) is 7.05 Å². The van der Waals surface area contributed by atoms with Crippen molar-refractivity contribution in [2.75, 3.05) is 19.3 Å². The van der Waals surface area contributed by atoms with Crippen molar-refractivity contribution in [3.8, 4) is 0 Å². The summed E-state index contributed by atoms with van der Waals surface area (Å²) in [6.07, 6.45) is 0. The molecule has 0 saturated carbocycles. The topological polar surface area (TPSA) is 107 Å². The van der Waals surface area contributed by atoms with Gasteiger partial charge in [-0.3, -0.25) is 19.7 Å². The fraction of sp³-hybridized carbons (Fsp3) is 0.333. The minimum Gasteiger partial charge on any atom is -0.366 e. The first kappa shape index (κ1) is 16.0. The fourth-order valence-corrected chi connectivity index (χ4v) is 2.31. The van der Waals surface area contributed by atoms with Crippen LogP contribution in [0.4, 0.5) is 5.69 Å². The van der Waals surface area contributed by atoms with Gasteiger partial charge in [-0.2, -0.15) is 0 Å². The number of nitro benzene ring substituents is 1. The monoisotopic (exact) mass is 297 g/mol. The van der Waals surface area contributed by atoms with Crippen LogP contribution >= 0.6 is 11.8 Å². The van der Waals surface area contributed by atoms with E-state index in [4.69, 9.17) is 5.73 Å². The van der Waals surface area contributed by atoms with Gasteiger partial charge >= 0.3 is 0 Å². The van der Waals surface area contributed by atoms with Crippen LogP contribution in [0.3, 0.4) is 0 Å². The quantitative estimate of drug-likeness (QED) is 0.483. The first-order chi connectivity index (χ1) is 9.36. The molecule has 20 heavy (non-hydrogen) atoms. The van der Waals surface area contributed by atoms with E-state index < -0.39 is 10.8 Å². The minimum absolute atomic E-state index is 0.0676. The Morgan fingerprint density at radius 3 is 2.60 bits per heavy atom. The van der Waals surface area contributed by atoms with Gasteiger partial charge in [0.1, 0.15) is 0 Å². The van der Waals surface area contributed by atoms with Crippen LogP contribution in [0.1, 0.15) is 17.3 Å². The predicted molar refractivity (Wildman–Crippen MR) is 75.6 cm³/mol. The van der Waals surface area contributed by atoms with E-state index in [2.05, 4.69) is 0 Å². The zero-order valence-electron chi connectivity index (χ0n) is 11.2. The van der Waals surface area contributed by atoms with Crippen molar-refractivity contribution in [3.63, 3.8) is 0 Å². The second kappa shape index (κ2) is 6.90. The lowest BCUT2D eigenvalue weighted by molar-refractivity contribution is -0.387. The molecule has 1 rings (SSSR count). The number of carbonyl (C=O) groups excluding carboxylic acids is 2. The molecule has 1 aromatic rings. The zero-order valence-corrected chi connectivity index (χ0v) is 12.0. The highest BCUT2D eigenvalue weighted by atomic mass is 32.2. The molecule has 8 heteroatoms. The number of primary amides is 1. The Hall–Kier alpha value is -2.09. The maximum Gasteiger partial charge on any atom is 0.283 e. The maximum atomic E-state index is 11.7. The molecule has 0 aliphatic heterocycles. The zero-order chi connectivity index (χ0) is 15.3. The number of nitrogens with zero attached hydrogens (tertiary/aromatic N) is 2. The van der Waals surface area contributed by atoms with Gasteiger partial charge in [0.25, 0.3) is 5.69 Å². The summed E-state index contributed by atoms with van der Waals surface area (Å²) in [5.74, 6) is -0.751. The van der Waals surface area contributed by atoms with Crippen LogP contribution in [-0.4, -0.2) is 41.0 Å². The van der Waals surface area contributed by atoms with Crippen molar-refractivity contribution in [2.45, 2.75) is 11.8 Å². The Morgan fingerprint density at radius 1 is 1.45 bits per heavy atom. The van der Waals surface area contributed by atoms with Gasteiger partial charge in [0, 0.05) is 25.2 Å². The van der Waals surface area contributed by atoms with Crippen LogP contribution in [0.25, 0.3) is 0 Å². The normalized spacial score (nSPS) is 10.1. The van der Waals surface area contributed by atoms with E-state index in [9.17, 15) is 19.7 Å². The van der Waals surface area contributed by atoms with Gasteiger partial charge in [-0.1, -0.05) is 0 Å². The molecule has 0 aliphatic rings. The molecule has 108 valence electrons. The van der Waals surface area contributed by atoms with E-state index in [-0.39, 0.29) is 22.9 Å². The highest BCUT2D eigenvalue weighted by Gasteiger charge is 2.18. The number of rotatable bonds is 6. The van der Waals surface area contributed by atoms with Crippen molar-refractivity contribution < 1.29 is 14.5 Å². The molecule has 0 fully saturated rings. The lowest BCUT2D eigenvalue weighted by Gasteiger charge is -2.13. The molecule has 0 saturated heterocycles. The lowest BCUT2D eigenvalue weighted by atomic mass is 10.2. The third-order valence-electron chi connectivity index (χ3n) is 2.69. The molecule has 0 bridgehead atoms. The first-order valence-electron chi connectivity index (χ1n) is 5.81. The summed E-state index contributed by atoms with van der Waals surface area (Å²) >= 11 is 1.06. The van der Waals surface area contributed by atoms with Crippen LogP contribution < -0.4 is 5.73 Å². The summed E-state index contributed by atoms with van der Waals surface area (Å²) < 4.78 is 0. The summed E-state index contributed by atoms with van der Waals surface area (Å²) in [6.45, 7) is 2.41. The maximum absolute atomic E-state index is 11.7. The second-order valence-electron chi connectivity index (χ2n) is 4.00. The van der Waals surface area contributed by atoms with Gasteiger partial charge in [-0.25, -0.2) is 0 Å². The predicted octanol–water partition coefficient (Wildman–Crippen LogP) is 1.26. The van der Waals surface area contributed by atoms with E-state index in [0.29, 0.717) is 11.4 Å². The third-order valence-corrected chi connectivity index (χ3v) is 3.74. The van der Waals surface area contributed by atoms with Crippen molar-refractivity contribution in [2.24, 2.45) is 5.73 Å². The molecule has 2 amide bonds. The van der Waals surface area contributed by atoms with Gasteiger partial charge in [-0.15, -0.1) is 11.8 Å². The van der Waals surface area contributed by atoms with E-state index in [1.807, 2.05) is 6.92 Å². The highest BCUT2D eigenvalue weighted by Crippen LogP contribution is 2.30. The van der Waals surface area contributed by atoms with Crippen LogP contribution in [0.5, 0.6) is 0 Å². The SMILES string of the molecule is CCN(C)C(=O)CSc1ccc(C(N)=O)cc1[N+](=O)[O-]. The molecule has 7 nitrogen and oxygen atoms in total. The summed E-state index contributed by atoms with van der Waals surface area (Å²) in [6, 6.07) is 3.96. The fourth-order valence-electron chi connectivity index (χ4n) is 1.36. The Morgan fingerprint density at radius 2 is 2.10 bits per heavy atom. The summed E-state index contributed by atoms with van der Waals surface area (Å²) in [5.41, 5.74) is 4.93. The van der Waals surface area contributed by atoms with Crippen molar-refractivity contribution >= 4 is 29.3 Å². The number of thioether (sulfide) groups is 1. The number of amides is 2. The summed E-state index contributed by atoms with van der Waals surface area (Å²) in [7, 11) is 1.66. The van der Waals surface area contributed by atoms with Crippen LogP contribution in [0.15, 0.2) is 23.1 Å². The van der Waals surface area contributed by atoms with Gasteiger partial charge in [0.2, 0.25) is 11.8 Å². The average molecular weight is 297 g/mol. The molecule has 2 N–H and O–H groups in total. The Kier molecular flexibility index (Phi) is 5.51. The Bertz CT molecular complexity index is 548. The molecule has 0 aromatic heterocycles. The number of nitro groups is 1. The molecule has 0 unspecified atom stereocenters. The van der Waals surface area contributed by atoms with E-state index in [0.717, 1.165) is 17.8 Å². The second-order valence-corrected chi connectivity index (χ2v) is 5.02. The molecule has 0 radical (unpaired) electrons. The number of nitrogens with two attached hydrogens (primary N) is 1. The molecule has 0 heterocycles. The lowest BCUT2D eigenvalue weighted by Crippen LogP contribution is -2.27. The number of carbonyl (C=O) groups is 2. The highest BCUT2D eigenvalue weighted by molar-refractivity contribution is 8.00. The summed E-state index contributed by atoms with van der Waals surface area (Å²) in [5, 5.41) is 11.0. The smallest absolute Gasteiger partial charge is 0.283 e. The molecular formula is C12H15N3O4S. The van der Waals surface area contributed by atoms with Crippen molar-refractivity contribution in [1.82, 2.24) is 4.90 Å². The van der Waals surface area contributed by atoms with Crippen LogP contribution in [-0.2, 0) is 4.79 Å². The van der Waals surface area contributed by atoms with Gasteiger partial charge in [0.15, 0.2) is 0 Å². The largest absolute Gasteiger partial charge is 0.366 e. The van der Waals surface area contributed by atoms with E-state index in [1.165, 1.54) is 17.0 Å². The summed E-state index contributed by atoms with van der Waals surface area (Å²) in [4.78, 5) is 34.9. The van der Waals surface area contributed by atoms with Gasteiger partial charge in [0.05, 0.1) is 15.6 Å². The average Bonchev–Trinajstić information content (AvgIpc) is 2.43. The van der Waals surface area contributed by atoms with Crippen LogP contribution in [0, 0.1) is 10.1 Å². The number of hydrogen-bond acceptors (Lipinski definition) is 5. The number of hydrogen-bond donors (Lipinski definition) is 1. The van der Waals surface area contributed by atoms with Crippen molar-refractivity contribution in [1.29, 1.82) is 0 Å². The Labute approximate surface area is 120 Å². The standard InChI is InChI=1S/C12H15N3O4S/c1-3-14(2)11(16)7-20-10-5-4-8(12(13)17)6-9(10)15(18)19/h4-6H,3,7H2,1-2H3,(H2,13,17). The molecule has 0 atom stereocenters. The molecular weight excluding hydrogens is 282 g/mol. The third kappa shape index (κ3) is 3.95. The van der Waals surface area contributed by atoms with Gasteiger partial charge in [-0.05, 0) is 19.1 Å². The van der Waals surface area contributed by atoms with Crippen LogP contribution in [0.2, 0.25) is 0 Å². The van der Waals surface area contributed by atoms with Crippen molar-refractivity contribution in [3.05, 3.63) is 33.9 Å². The molecule has 0 spiro atoms. The first-order valence-corrected chi connectivity index (χ1v) is 6.80. The van der Waals surface area contributed by atoms with Gasteiger partial charge < -0.3 is 10.6 Å². The minimum atomic E-state index is -0.730. The number of benzene rings is 1. The van der Waals surface area contributed by atoms with E-state index >= 15 is 0 Å². The Balaban J connectivity index is 2.92.